The van der Waals surface area contributed by atoms with Crippen LogP contribution < -0.4 is 10.2 Å². The lowest BCUT2D eigenvalue weighted by atomic mass is 10.2. The van der Waals surface area contributed by atoms with Gasteiger partial charge in [0.1, 0.15) is 12.2 Å². The highest BCUT2D eigenvalue weighted by atomic mass is 35.5. The summed E-state index contributed by atoms with van der Waals surface area (Å²) in [5.74, 6) is 1.77. The van der Waals surface area contributed by atoms with Gasteiger partial charge in [-0.1, -0.05) is 23.2 Å². The fourth-order valence-electron chi connectivity index (χ4n) is 4.97. The third kappa shape index (κ3) is 4.86. The van der Waals surface area contributed by atoms with Gasteiger partial charge < -0.3 is 20.1 Å². The lowest BCUT2D eigenvalue weighted by molar-refractivity contribution is 0.0746. The normalized spacial score (nSPS) is 13.8. The Balaban J connectivity index is 1.18. The maximum absolute atomic E-state index is 13.0. The Morgan fingerprint density at radius 1 is 1.05 bits per heavy atom. The molecule has 0 spiro atoms. The van der Waals surface area contributed by atoms with Gasteiger partial charge in [0.25, 0.3) is 5.91 Å². The molecule has 0 radical (unpaired) electrons. The Kier molecular flexibility index (Phi) is 6.59. The van der Waals surface area contributed by atoms with Crippen molar-refractivity contribution in [3.63, 3.8) is 0 Å². The van der Waals surface area contributed by atoms with Crippen molar-refractivity contribution in [3.05, 3.63) is 76.8 Å². The van der Waals surface area contributed by atoms with E-state index in [4.69, 9.17) is 33.2 Å². The molecular weight excluding hydrogens is 579 g/mol. The monoisotopic (exact) mass is 602 g/mol. The SMILES string of the molecule is Cn1cc(-n2cnc3c(NCc4nc5cc(Cl)c(Cl)cc5[nH]4)nc(N4CCN(C(=O)c5ccncc5)CC4)nc32)cn1. The van der Waals surface area contributed by atoms with Crippen molar-refractivity contribution < 1.29 is 4.79 Å². The van der Waals surface area contributed by atoms with Crippen molar-refractivity contribution >= 4 is 63.1 Å². The number of benzene rings is 1. The number of imidazole rings is 2. The molecule has 1 amide bonds. The molecule has 0 unspecified atom stereocenters. The Bertz CT molecular complexity index is 1890. The van der Waals surface area contributed by atoms with Crippen LogP contribution in [-0.2, 0) is 13.6 Å². The van der Waals surface area contributed by atoms with Crippen LogP contribution in [0.4, 0.5) is 11.8 Å². The summed E-state index contributed by atoms with van der Waals surface area (Å²) in [6, 6.07) is 6.95. The van der Waals surface area contributed by atoms with E-state index in [0.29, 0.717) is 77.1 Å². The molecule has 13 nitrogen and oxygen atoms in total. The molecular formula is C27H24Cl2N12O. The summed E-state index contributed by atoms with van der Waals surface area (Å²) in [7, 11) is 1.86. The van der Waals surface area contributed by atoms with Crippen LogP contribution in [0.2, 0.25) is 10.0 Å². The lowest BCUT2D eigenvalue weighted by Crippen LogP contribution is -2.49. The van der Waals surface area contributed by atoms with E-state index in [0.717, 1.165) is 16.7 Å². The van der Waals surface area contributed by atoms with E-state index in [1.807, 2.05) is 22.7 Å². The number of hydrogen-bond acceptors (Lipinski definition) is 9. The number of amides is 1. The third-order valence-electron chi connectivity index (χ3n) is 7.13. The molecule has 1 aliphatic heterocycles. The fraction of sp³-hybridized carbons (Fsp3) is 0.222. The Hall–Kier alpha value is -4.75. The van der Waals surface area contributed by atoms with Gasteiger partial charge >= 0.3 is 0 Å². The molecule has 1 aromatic carbocycles. The minimum atomic E-state index is -0.0150. The van der Waals surface area contributed by atoms with E-state index < -0.39 is 0 Å². The number of piperazine rings is 1. The smallest absolute Gasteiger partial charge is 0.254 e. The van der Waals surface area contributed by atoms with Gasteiger partial charge in [-0.25, -0.2) is 9.97 Å². The first kappa shape index (κ1) is 26.2. The van der Waals surface area contributed by atoms with Crippen LogP contribution >= 0.6 is 23.2 Å². The first-order valence-electron chi connectivity index (χ1n) is 13.2. The maximum Gasteiger partial charge on any atom is 0.254 e. The van der Waals surface area contributed by atoms with Crippen LogP contribution in [-0.4, -0.2) is 81.2 Å². The van der Waals surface area contributed by atoms with Gasteiger partial charge in [-0.05, 0) is 24.3 Å². The van der Waals surface area contributed by atoms with Crippen LogP contribution in [0, 0.1) is 0 Å². The van der Waals surface area contributed by atoms with Crippen molar-refractivity contribution in [2.75, 3.05) is 36.4 Å². The zero-order valence-electron chi connectivity index (χ0n) is 22.4. The van der Waals surface area contributed by atoms with E-state index in [9.17, 15) is 4.79 Å². The minimum Gasteiger partial charge on any atom is -0.361 e. The van der Waals surface area contributed by atoms with Crippen molar-refractivity contribution in [1.29, 1.82) is 0 Å². The summed E-state index contributed by atoms with van der Waals surface area (Å²) in [6.45, 7) is 2.58. The van der Waals surface area contributed by atoms with Crippen molar-refractivity contribution in [2.45, 2.75) is 6.54 Å². The van der Waals surface area contributed by atoms with Gasteiger partial charge in [-0.15, -0.1) is 0 Å². The number of aromatic amines is 1. The summed E-state index contributed by atoms with van der Waals surface area (Å²) >= 11 is 12.4. The zero-order valence-corrected chi connectivity index (χ0v) is 23.9. The number of rotatable bonds is 6. The van der Waals surface area contributed by atoms with Crippen LogP contribution in [0.1, 0.15) is 16.2 Å². The predicted octanol–water partition coefficient (Wildman–Crippen LogP) is 3.70. The van der Waals surface area contributed by atoms with Crippen molar-refractivity contribution in [2.24, 2.45) is 7.05 Å². The fourth-order valence-corrected chi connectivity index (χ4v) is 5.29. The molecule has 0 saturated carbocycles. The van der Waals surface area contributed by atoms with E-state index in [1.54, 1.807) is 53.9 Å². The number of nitrogens with zero attached hydrogens (tertiary/aromatic N) is 10. The number of aromatic nitrogens is 9. The molecule has 6 aromatic rings. The van der Waals surface area contributed by atoms with Crippen molar-refractivity contribution in [3.8, 4) is 5.69 Å². The number of anilines is 2. The molecule has 212 valence electrons. The van der Waals surface area contributed by atoms with E-state index >= 15 is 0 Å². The van der Waals surface area contributed by atoms with Crippen LogP contribution in [0.5, 0.6) is 0 Å². The molecule has 0 aliphatic carbocycles. The van der Waals surface area contributed by atoms with Crippen LogP contribution in [0.25, 0.3) is 27.9 Å². The highest BCUT2D eigenvalue weighted by Gasteiger charge is 2.25. The average molecular weight is 603 g/mol. The summed E-state index contributed by atoms with van der Waals surface area (Å²) in [6.07, 6.45) is 8.61. The summed E-state index contributed by atoms with van der Waals surface area (Å²) < 4.78 is 3.61. The molecule has 42 heavy (non-hydrogen) atoms. The molecule has 0 bridgehead atoms. The van der Waals surface area contributed by atoms with Gasteiger partial charge in [-0.3, -0.25) is 19.0 Å². The molecule has 15 heteroatoms. The number of carbonyl (C=O) groups excluding carboxylic acids is 1. The highest BCUT2D eigenvalue weighted by Crippen LogP contribution is 2.28. The molecule has 0 atom stereocenters. The summed E-state index contributed by atoms with van der Waals surface area (Å²) in [4.78, 5) is 43.2. The third-order valence-corrected chi connectivity index (χ3v) is 7.85. The second kappa shape index (κ2) is 10.6. The number of pyridine rings is 1. The van der Waals surface area contributed by atoms with Crippen LogP contribution in [0.3, 0.4) is 0 Å². The molecule has 1 saturated heterocycles. The number of H-pyrrole nitrogens is 1. The highest BCUT2D eigenvalue weighted by molar-refractivity contribution is 6.42. The standard InChI is InChI=1S/C27H24Cl2N12O/c1-38-14-17(12-33-38)41-15-32-23-24(31-13-22-34-20-10-18(28)19(29)11-21(20)35-22)36-27(37-25(23)41)40-8-6-39(7-9-40)26(42)16-2-4-30-5-3-16/h2-5,10-12,14-15H,6-9,13H2,1H3,(H,34,35)(H,31,36,37). The first-order chi connectivity index (χ1) is 20.4. The molecule has 1 aliphatic rings. The summed E-state index contributed by atoms with van der Waals surface area (Å²) in [5.41, 5.74) is 4.20. The molecule has 5 aromatic heterocycles. The summed E-state index contributed by atoms with van der Waals surface area (Å²) in [5, 5.41) is 8.59. The molecule has 1 fully saturated rings. The van der Waals surface area contributed by atoms with Crippen molar-refractivity contribution in [1.82, 2.24) is 49.2 Å². The van der Waals surface area contributed by atoms with Gasteiger partial charge in [0.2, 0.25) is 5.95 Å². The maximum atomic E-state index is 13.0. The number of hydrogen-bond donors (Lipinski definition) is 2. The number of aryl methyl sites for hydroxylation is 1. The molecule has 7 rings (SSSR count). The lowest BCUT2D eigenvalue weighted by Gasteiger charge is -2.34. The predicted molar refractivity (Wildman–Crippen MR) is 159 cm³/mol. The zero-order chi connectivity index (χ0) is 28.8. The van der Waals surface area contributed by atoms with Gasteiger partial charge in [0.05, 0.1) is 39.5 Å². The second-order valence-electron chi connectivity index (χ2n) is 9.87. The van der Waals surface area contributed by atoms with Gasteiger partial charge in [0.15, 0.2) is 17.0 Å². The van der Waals surface area contributed by atoms with Gasteiger partial charge in [0, 0.05) is 57.4 Å². The van der Waals surface area contributed by atoms with E-state index in [-0.39, 0.29) is 5.91 Å². The topological polar surface area (TPSA) is 139 Å². The number of nitrogens with one attached hydrogen (secondary N) is 2. The van der Waals surface area contributed by atoms with Crippen LogP contribution in [0.15, 0.2) is 55.4 Å². The van der Waals surface area contributed by atoms with Gasteiger partial charge in [-0.2, -0.15) is 15.1 Å². The quantitative estimate of drug-likeness (QED) is 0.292. The van der Waals surface area contributed by atoms with E-state index in [2.05, 4.69) is 35.3 Å². The first-order valence-corrected chi connectivity index (χ1v) is 13.9. The Morgan fingerprint density at radius 2 is 1.83 bits per heavy atom. The average Bonchev–Trinajstić information content (AvgIpc) is 3.74. The molecule has 6 heterocycles. The Labute approximate surface area is 249 Å². The molecule has 2 N–H and O–H groups in total. The number of halogens is 2. The number of fused-ring (bicyclic) bond motifs is 2. The second-order valence-corrected chi connectivity index (χ2v) is 10.7. The largest absolute Gasteiger partial charge is 0.361 e. The minimum absolute atomic E-state index is 0.0150. The number of carbonyl (C=O) groups is 1. The Morgan fingerprint density at radius 3 is 2.60 bits per heavy atom. The van der Waals surface area contributed by atoms with E-state index in [1.165, 1.54) is 0 Å².